The molecule has 0 aromatic carbocycles. The predicted molar refractivity (Wildman–Crippen MR) is 83.5 cm³/mol. The number of aromatic nitrogens is 4. The lowest BCUT2D eigenvalue weighted by Gasteiger charge is -2.23. The van der Waals surface area contributed by atoms with Crippen LogP contribution in [-0.2, 0) is 6.54 Å². The second-order valence-corrected chi connectivity index (χ2v) is 6.21. The van der Waals surface area contributed by atoms with Crippen molar-refractivity contribution in [1.82, 2.24) is 25.3 Å². The summed E-state index contributed by atoms with van der Waals surface area (Å²) in [5.74, 6) is 0.467. The summed E-state index contributed by atoms with van der Waals surface area (Å²) >= 11 is 0. The summed E-state index contributed by atoms with van der Waals surface area (Å²) in [5, 5.41) is 14.1. The molecule has 0 spiro atoms. The van der Waals surface area contributed by atoms with E-state index >= 15 is 0 Å². The molecule has 0 atom stereocenters. The van der Waals surface area contributed by atoms with Gasteiger partial charge in [0.1, 0.15) is 0 Å². The number of amides is 1. The smallest absolute Gasteiger partial charge is 0.257 e. The van der Waals surface area contributed by atoms with Gasteiger partial charge in [-0.25, -0.2) is 0 Å². The van der Waals surface area contributed by atoms with Crippen LogP contribution in [0.1, 0.15) is 65.3 Å². The molecule has 2 N–H and O–H groups in total. The molecule has 1 aliphatic rings. The van der Waals surface area contributed by atoms with E-state index < -0.39 is 0 Å². The first-order chi connectivity index (χ1) is 10.7. The van der Waals surface area contributed by atoms with Gasteiger partial charge in [0.2, 0.25) is 0 Å². The number of carbonyl (C=O) groups is 1. The molecule has 3 rings (SSSR count). The van der Waals surface area contributed by atoms with E-state index in [0.717, 1.165) is 35.4 Å². The molecule has 0 aliphatic heterocycles. The van der Waals surface area contributed by atoms with Crippen molar-refractivity contribution < 1.29 is 4.79 Å². The number of aromatic amines is 2. The van der Waals surface area contributed by atoms with E-state index in [4.69, 9.17) is 0 Å². The highest BCUT2D eigenvalue weighted by Gasteiger charge is 2.25. The van der Waals surface area contributed by atoms with Crippen molar-refractivity contribution in [2.75, 3.05) is 7.05 Å². The quantitative estimate of drug-likeness (QED) is 0.911. The average molecular weight is 301 g/mol. The standard InChI is InChI=1S/C16H23N5O/c1-11-13(8-17-19-11)10-21(2)16(22)14-9-18-20-15(14)12-6-4-3-5-7-12/h8-9,12H,3-7,10H2,1-2H3,(H,17,19)(H,18,20). The summed E-state index contributed by atoms with van der Waals surface area (Å²) in [5.41, 5.74) is 3.77. The van der Waals surface area contributed by atoms with Crippen molar-refractivity contribution in [3.05, 3.63) is 34.9 Å². The van der Waals surface area contributed by atoms with Crippen LogP contribution >= 0.6 is 0 Å². The van der Waals surface area contributed by atoms with Crippen molar-refractivity contribution in [3.63, 3.8) is 0 Å². The van der Waals surface area contributed by atoms with Crippen LogP contribution in [0, 0.1) is 6.92 Å². The molecule has 2 heterocycles. The largest absolute Gasteiger partial charge is 0.337 e. The van der Waals surface area contributed by atoms with Gasteiger partial charge in [-0.15, -0.1) is 0 Å². The fourth-order valence-electron chi connectivity index (χ4n) is 3.24. The fraction of sp³-hybridized carbons (Fsp3) is 0.562. The molecule has 6 nitrogen and oxygen atoms in total. The molecule has 2 aromatic heterocycles. The van der Waals surface area contributed by atoms with Gasteiger partial charge in [-0.2, -0.15) is 10.2 Å². The van der Waals surface area contributed by atoms with Gasteiger partial charge in [0.25, 0.3) is 5.91 Å². The third-order valence-electron chi connectivity index (χ3n) is 4.60. The maximum atomic E-state index is 12.7. The van der Waals surface area contributed by atoms with Crippen LogP contribution in [0.25, 0.3) is 0 Å². The van der Waals surface area contributed by atoms with Crippen LogP contribution in [0.3, 0.4) is 0 Å². The normalized spacial score (nSPS) is 15.9. The van der Waals surface area contributed by atoms with Crippen LogP contribution in [0.2, 0.25) is 0 Å². The molecule has 1 fully saturated rings. The Labute approximate surface area is 130 Å². The van der Waals surface area contributed by atoms with Crippen LogP contribution in [0.15, 0.2) is 12.4 Å². The fourth-order valence-corrected chi connectivity index (χ4v) is 3.24. The van der Waals surface area contributed by atoms with E-state index in [1.807, 2.05) is 14.0 Å². The topological polar surface area (TPSA) is 77.7 Å². The Morgan fingerprint density at radius 2 is 1.95 bits per heavy atom. The molecule has 1 saturated carbocycles. The number of rotatable bonds is 4. The van der Waals surface area contributed by atoms with E-state index in [9.17, 15) is 4.79 Å². The lowest BCUT2D eigenvalue weighted by molar-refractivity contribution is 0.0783. The Kier molecular flexibility index (Phi) is 4.27. The van der Waals surface area contributed by atoms with E-state index in [0.29, 0.717) is 12.5 Å². The summed E-state index contributed by atoms with van der Waals surface area (Å²) in [6, 6.07) is 0. The number of aryl methyl sites for hydroxylation is 1. The Bertz CT molecular complexity index is 639. The summed E-state index contributed by atoms with van der Waals surface area (Å²) in [6.45, 7) is 2.52. The Hall–Kier alpha value is -2.11. The SMILES string of the molecule is Cc1[nH]ncc1CN(C)C(=O)c1cn[nH]c1C1CCCCC1. The summed E-state index contributed by atoms with van der Waals surface area (Å²) < 4.78 is 0. The van der Waals surface area contributed by atoms with Crippen LogP contribution in [0.5, 0.6) is 0 Å². The van der Waals surface area contributed by atoms with Gasteiger partial charge in [-0.05, 0) is 19.8 Å². The predicted octanol–water partition coefficient (Wildman–Crippen LogP) is 2.76. The molecule has 22 heavy (non-hydrogen) atoms. The molecule has 118 valence electrons. The maximum absolute atomic E-state index is 12.7. The number of nitrogens with zero attached hydrogens (tertiary/aromatic N) is 3. The Balaban J connectivity index is 1.74. The average Bonchev–Trinajstić information content (AvgIpc) is 3.17. The second-order valence-electron chi connectivity index (χ2n) is 6.21. The van der Waals surface area contributed by atoms with Crippen LogP contribution in [-0.4, -0.2) is 38.2 Å². The highest BCUT2D eigenvalue weighted by atomic mass is 16.2. The molecule has 0 radical (unpaired) electrons. The van der Waals surface area contributed by atoms with Gasteiger partial charge in [-0.1, -0.05) is 19.3 Å². The molecule has 0 unspecified atom stereocenters. The van der Waals surface area contributed by atoms with Gasteiger partial charge in [0, 0.05) is 30.8 Å². The number of H-pyrrole nitrogens is 2. The molecule has 0 bridgehead atoms. The van der Waals surface area contributed by atoms with Crippen molar-refractivity contribution >= 4 is 5.91 Å². The minimum absolute atomic E-state index is 0.0231. The number of hydrogen-bond donors (Lipinski definition) is 2. The van der Waals surface area contributed by atoms with Gasteiger partial charge < -0.3 is 4.90 Å². The van der Waals surface area contributed by atoms with Gasteiger partial charge in [0.15, 0.2) is 0 Å². The van der Waals surface area contributed by atoms with Gasteiger partial charge in [-0.3, -0.25) is 15.0 Å². The zero-order valence-corrected chi connectivity index (χ0v) is 13.2. The molecule has 2 aromatic rings. The molecule has 6 heteroatoms. The van der Waals surface area contributed by atoms with Crippen molar-refractivity contribution in [3.8, 4) is 0 Å². The third kappa shape index (κ3) is 2.91. The summed E-state index contributed by atoms with van der Waals surface area (Å²) in [7, 11) is 1.83. The minimum atomic E-state index is 0.0231. The van der Waals surface area contributed by atoms with Crippen LogP contribution in [0.4, 0.5) is 0 Å². The zero-order chi connectivity index (χ0) is 15.5. The molecule has 1 amide bonds. The van der Waals surface area contributed by atoms with Gasteiger partial charge >= 0.3 is 0 Å². The maximum Gasteiger partial charge on any atom is 0.257 e. The van der Waals surface area contributed by atoms with E-state index in [1.54, 1.807) is 17.3 Å². The van der Waals surface area contributed by atoms with Crippen molar-refractivity contribution in [2.24, 2.45) is 0 Å². The van der Waals surface area contributed by atoms with E-state index in [-0.39, 0.29) is 5.91 Å². The molecule has 0 saturated heterocycles. The van der Waals surface area contributed by atoms with Crippen molar-refractivity contribution in [2.45, 2.75) is 51.5 Å². The molecular formula is C16H23N5O. The lowest BCUT2D eigenvalue weighted by Crippen LogP contribution is -2.27. The van der Waals surface area contributed by atoms with Crippen LogP contribution < -0.4 is 0 Å². The number of carbonyl (C=O) groups excluding carboxylic acids is 1. The van der Waals surface area contributed by atoms with E-state index in [2.05, 4.69) is 20.4 Å². The molecule has 1 aliphatic carbocycles. The first-order valence-corrected chi connectivity index (χ1v) is 7.94. The highest BCUT2D eigenvalue weighted by Crippen LogP contribution is 2.33. The second kappa shape index (κ2) is 6.34. The first-order valence-electron chi connectivity index (χ1n) is 7.94. The monoisotopic (exact) mass is 301 g/mol. The highest BCUT2D eigenvalue weighted by molar-refractivity contribution is 5.95. The van der Waals surface area contributed by atoms with Gasteiger partial charge in [0.05, 0.1) is 23.7 Å². The zero-order valence-electron chi connectivity index (χ0n) is 13.2. The third-order valence-corrected chi connectivity index (χ3v) is 4.60. The lowest BCUT2D eigenvalue weighted by atomic mass is 9.85. The first kappa shape index (κ1) is 14.8. The summed E-state index contributed by atoms with van der Waals surface area (Å²) in [6.07, 6.45) is 9.51. The Morgan fingerprint density at radius 1 is 1.23 bits per heavy atom. The number of nitrogens with one attached hydrogen (secondary N) is 2. The van der Waals surface area contributed by atoms with Crippen molar-refractivity contribution in [1.29, 1.82) is 0 Å². The summed E-state index contributed by atoms with van der Waals surface area (Å²) in [4.78, 5) is 14.5. The minimum Gasteiger partial charge on any atom is -0.337 e. The molecular weight excluding hydrogens is 278 g/mol. The number of hydrogen-bond acceptors (Lipinski definition) is 3. The Morgan fingerprint density at radius 3 is 2.64 bits per heavy atom. The van der Waals surface area contributed by atoms with E-state index in [1.165, 1.54) is 19.3 Å².